The summed E-state index contributed by atoms with van der Waals surface area (Å²) in [7, 11) is 0. The first-order valence-electron chi connectivity index (χ1n) is 7.67. The molecule has 0 unspecified atom stereocenters. The summed E-state index contributed by atoms with van der Waals surface area (Å²) in [5, 5.41) is 4.47. The van der Waals surface area contributed by atoms with Crippen molar-refractivity contribution in [1.82, 2.24) is 4.98 Å². The van der Waals surface area contributed by atoms with Gasteiger partial charge in [-0.1, -0.05) is 42.5 Å². The largest absolute Gasteiger partial charge is 0.254 e. The molecule has 121 valence electrons. The monoisotopic (exact) mass is 493 g/mol. The van der Waals surface area contributed by atoms with Crippen LogP contribution in [-0.2, 0) is 33.2 Å². The Morgan fingerprint density at radius 3 is 2.38 bits per heavy atom. The standard InChI is InChI=1S/C21H15FN.Ir/c22-14-18-12-16-7-2-4-11-20(16)21(23-18)13-17-9-5-8-15-6-1-3-10-19(15)17;/h1-8,10-12H,13-14H2;/q-1;. The first-order valence-corrected chi connectivity index (χ1v) is 7.67. The minimum Gasteiger partial charge on any atom is -0.254 e. The number of alkyl halides is 1. The zero-order chi connectivity index (χ0) is 15.6. The molecule has 3 aromatic carbocycles. The molecule has 0 N–H and O–H groups in total. The topological polar surface area (TPSA) is 12.9 Å². The van der Waals surface area contributed by atoms with Gasteiger partial charge in [-0.2, -0.15) is 18.2 Å². The third-order valence-corrected chi connectivity index (χ3v) is 4.16. The van der Waals surface area contributed by atoms with Gasteiger partial charge in [0.1, 0.15) is 6.67 Å². The van der Waals surface area contributed by atoms with E-state index < -0.39 is 6.67 Å². The van der Waals surface area contributed by atoms with Gasteiger partial charge >= 0.3 is 0 Å². The van der Waals surface area contributed by atoms with Crippen molar-refractivity contribution in [3.8, 4) is 0 Å². The van der Waals surface area contributed by atoms with Crippen LogP contribution in [0.4, 0.5) is 4.39 Å². The summed E-state index contributed by atoms with van der Waals surface area (Å²) in [4.78, 5) is 4.53. The van der Waals surface area contributed by atoms with E-state index in [9.17, 15) is 4.39 Å². The van der Waals surface area contributed by atoms with Crippen molar-refractivity contribution in [1.29, 1.82) is 0 Å². The second-order valence-corrected chi connectivity index (χ2v) is 5.64. The third-order valence-electron chi connectivity index (χ3n) is 4.16. The van der Waals surface area contributed by atoms with Crippen LogP contribution in [0.2, 0.25) is 0 Å². The van der Waals surface area contributed by atoms with Crippen LogP contribution in [0.5, 0.6) is 0 Å². The Hall–Kier alpha value is -2.09. The summed E-state index contributed by atoms with van der Waals surface area (Å²) in [5.41, 5.74) is 2.49. The number of hydrogen-bond donors (Lipinski definition) is 0. The van der Waals surface area contributed by atoms with E-state index in [2.05, 4.69) is 29.2 Å². The van der Waals surface area contributed by atoms with Crippen molar-refractivity contribution in [2.75, 3.05) is 0 Å². The van der Waals surface area contributed by atoms with Gasteiger partial charge < -0.3 is 0 Å². The molecule has 0 fully saturated rings. The van der Waals surface area contributed by atoms with Gasteiger partial charge in [0.25, 0.3) is 0 Å². The molecule has 4 rings (SSSR count). The quantitative estimate of drug-likeness (QED) is 0.356. The first-order chi connectivity index (χ1) is 11.3. The molecule has 0 spiro atoms. The second-order valence-electron chi connectivity index (χ2n) is 5.64. The van der Waals surface area contributed by atoms with E-state index in [1.54, 1.807) is 0 Å². The molecule has 0 aliphatic carbocycles. The van der Waals surface area contributed by atoms with Gasteiger partial charge in [-0.3, -0.25) is 4.98 Å². The molecule has 0 aliphatic rings. The average Bonchev–Trinajstić information content (AvgIpc) is 2.62. The van der Waals surface area contributed by atoms with Crippen LogP contribution >= 0.6 is 0 Å². The van der Waals surface area contributed by atoms with Crippen LogP contribution in [0, 0.1) is 6.07 Å². The Balaban J connectivity index is 0.00000169. The molecular weight excluding hydrogens is 477 g/mol. The van der Waals surface area contributed by atoms with E-state index in [-0.39, 0.29) is 20.1 Å². The fourth-order valence-corrected chi connectivity index (χ4v) is 3.07. The maximum Gasteiger partial charge on any atom is 0.131 e. The molecule has 1 aromatic heterocycles. The molecule has 0 saturated carbocycles. The maximum absolute atomic E-state index is 13.2. The smallest absolute Gasteiger partial charge is 0.131 e. The average molecular weight is 493 g/mol. The van der Waals surface area contributed by atoms with Crippen molar-refractivity contribution in [3.63, 3.8) is 0 Å². The summed E-state index contributed by atoms with van der Waals surface area (Å²) in [6.07, 6.45) is 0.649. The molecule has 1 nitrogen and oxygen atoms in total. The van der Waals surface area contributed by atoms with E-state index in [4.69, 9.17) is 0 Å². The molecule has 4 aromatic rings. The molecule has 0 saturated heterocycles. The van der Waals surface area contributed by atoms with Gasteiger partial charge in [0, 0.05) is 25.5 Å². The summed E-state index contributed by atoms with van der Waals surface area (Å²) < 4.78 is 13.2. The van der Waals surface area contributed by atoms with Gasteiger partial charge in [-0.05, 0) is 17.9 Å². The Morgan fingerprint density at radius 2 is 1.58 bits per heavy atom. The molecular formula is C21H15FIrN-. The van der Waals surface area contributed by atoms with Gasteiger partial charge in [0.15, 0.2) is 0 Å². The fourth-order valence-electron chi connectivity index (χ4n) is 3.07. The number of aromatic nitrogens is 1. The molecule has 0 amide bonds. The molecule has 1 heterocycles. The van der Waals surface area contributed by atoms with Crippen molar-refractivity contribution >= 4 is 21.5 Å². The van der Waals surface area contributed by atoms with E-state index in [1.807, 2.05) is 48.5 Å². The minimum absolute atomic E-state index is 0. The van der Waals surface area contributed by atoms with Crippen LogP contribution in [0.15, 0.2) is 66.7 Å². The van der Waals surface area contributed by atoms with Crippen molar-refractivity contribution in [3.05, 3.63) is 89.7 Å². The van der Waals surface area contributed by atoms with Crippen molar-refractivity contribution in [2.24, 2.45) is 0 Å². The molecule has 0 bridgehead atoms. The summed E-state index contributed by atoms with van der Waals surface area (Å²) in [6.45, 7) is -0.545. The number of benzene rings is 3. The zero-order valence-electron chi connectivity index (χ0n) is 12.9. The van der Waals surface area contributed by atoms with Crippen LogP contribution in [0.25, 0.3) is 21.5 Å². The van der Waals surface area contributed by atoms with Crippen molar-refractivity contribution in [2.45, 2.75) is 13.1 Å². The number of fused-ring (bicyclic) bond motifs is 2. The number of hydrogen-bond acceptors (Lipinski definition) is 1. The number of pyridine rings is 1. The van der Waals surface area contributed by atoms with Crippen LogP contribution in [-0.4, -0.2) is 4.98 Å². The summed E-state index contributed by atoms with van der Waals surface area (Å²) >= 11 is 0. The Kier molecular flexibility index (Phi) is 5.03. The Labute approximate surface area is 153 Å². The Morgan fingerprint density at radius 1 is 0.875 bits per heavy atom. The molecule has 3 heteroatoms. The van der Waals surface area contributed by atoms with E-state index >= 15 is 0 Å². The summed E-state index contributed by atoms with van der Waals surface area (Å²) in [6, 6.07) is 25.4. The van der Waals surface area contributed by atoms with Gasteiger partial charge in [0.05, 0.1) is 11.4 Å². The van der Waals surface area contributed by atoms with E-state index in [0.717, 1.165) is 22.0 Å². The van der Waals surface area contributed by atoms with E-state index in [1.165, 1.54) is 10.8 Å². The first kappa shape index (κ1) is 16.8. The van der Waals surface area contributed by atoms with Gasteiger partial charge in [0.2, 0.25) is 0 Å². The second kappa shape index (κ2) is 7.21. The normalized spacial score (nSPS) is 10.7. The van der Waals surface area contributed by atoms with Gasteiger partial charge in [-0.15, -0.1) is 22.4 Å². The molecule has 1 radical (unpaired) electrons. The number of halogens is 1. The van der Waals surface area contributed by atoms with Crippen LogP contribution < -0.4 is 0 Å². The van der Waals surface area contributed by atoms with Crippen LogP contribution in [0.1, 0.15) is 17.0 Å². The predicted molar refractivity (Wildman–Crippen MR) is 92.1 cm³/mol. The van der Waals surface area contributed by atoms with Gasteiger partial charge in [-0.25, -0.2) is 4.39 Å². The molecule has 0 aliphatic heterocycles. The predicted octanol–water partition coefficient (Wildman–Crippen LogP) is 5.25. The maximum atomic E-state index is 13.2. The fraction of sp³-hybridized carbons (Fsp3) is 0.0952. The van der Waals surface area contributed by atoms with Crippen molar-refractivity contribution < 1.29 is 24.5 Å². The SMILES string of the molecule is FCc1cc2ccccc2c(Cc2[c-]ccc3ccccc23)n1.[Ir]. The Bertz CT molecular complexity index is 992. The van der Waals surface area contributed by atoms with E-state index in [0.29, 0.717) is 12.1 Å². The molecule has 24 heavy (non-hydrogen) atoms. The third kappa shape index (κ3) is 3.10. The number of nitrogens with zero attached hydrogens (tertiary/aromatic N) is 1. The minimum atomic E-state index is -0.545. The van der Waals surface area contributed by atoms with Crippen LogP contribution in [0.3, 0.4) is 0 Å². The summed E-state index contributed by atoms with van der Waals surface area (Å²) in [5.74, 6) is 0. The molecule has 0 atom stereocenters. The number of rotatable bonds is 3. The zero-order valence-corrected chi connectivity index (χ0v) is 15.3.